The molecule has 0 saturated heterocycles. The monoisotopic (exact) mass is 294 g/mol. The highest BCUT2D eigenvalue weighted by Gasteiger charge is 2.08. The molecule has 20 heavy (non-hydrogen) atoms. The van der Waals surface area contributed by atoms with Crippen LogP contribution >= 0.6 is 11.8 Å². The van der Waals surface area contributed by atoms with E-state index in [-0.39, 0.29) is 12.4 Å². The normalized spacial score (nSPS) is 10.3. The summed E-state index contributed by atoms with van der Waals surface area (Å²) >= 11 is 1.21. The largest absolute Gasteiger partial charge is 0.497 e. The Labute approximate surface area is 120 Å². The molecule has 2 rings (SSSR count). The van der Waals surface area contributed by atoms with Crippen LogP contribution in [0, 0.1) is 0 Å². The molecule has 0 radical (unpaired) electrons. The van der Waals surface area contributed by atoms with Crippen LogP contribution in [0.15, 0.2) is 33.9 Å². The molecule has 0 unspecified atom stereocenters. The van der Waals surface area contributed by atoms with Gasteiger partial charge in [0.15, 0.2) is 6.61 Å². The molecule has 106 valence electrons. The zero-order chi connectivity index (χ0) is 14.4. The zero-order valence-electron chi connectivity index (χ0n) is 11.2. The maximum Gasteiger partial charge on any atom is 0.277 e. The fourth-order valence-corrected chi connectivity index (χ4v) is 1.92. The average Bonchev–Trinajstić information content (AvgIpc) is 2.91. The molecule has 6 nitrogen and oxygen atoms in total. The molecule has 0 saturated carbocycles. The molecule has 0 aliphatic carbocycles. The van der Waals surface area contributed by atoms with E-state index in [1.54, 1.807) is 31.4 Å². The number of carbonyl (C=O) groups is 1. The minimum Gasteiger partial charge on any atom is -0.497 e. The van der Waals surface area contributed by atoms with Gasteiger partial charge in [-0.1, -0.05) is 11.8 Å². The van der Waals surface area contributed by atoms with Crippen molar-refractivity contribution >= 4 is 17.5 Å². The van der Waals surface area contributed by atoms with E-state index in [1.165, 1.54) is 18.7 Å². The third kappa shape index (κ3) is 4.27. The van der Waals surface area contributed by atoms with Crippen LogP contribution in [0.5, 0.6) is 11.5 Å². The minimum atomic E-state index is 0.0595. The molecule has 7 heteroatoms. The lowest BCUT2D eigenvalue weighted by Gasteiger charge is -2.04. The van der Waals surface area contributed by atoms with Gasteiger partial charge >= 0.3 is 0 Å². The molecule has 0 amide bonds. The predicted octanol–water partition coefficient (Wildman–Crippen LogP) is 2.34. The quantitative estimate of drug-likeness (QED) is 0.725. The molecule has 0 atom stereocenters. The van der Waals surface area contributed by atoms with Crippen molar-refractivity contribution in [3.05, 3.63) is 30.2 Å². The van der Waals surface area contributed by atoms with Crippen LogP contribution in [0.1, 0.15) is 12.8 Å². The Morgan fingerprint density at radius 1 is 1.25 bits per heavy atom. The summed E-state index contributed by atoms with van der Waals surface area (Å²) < 4.78 is 15.9. The van der Waals surface area contributed by atoms with Crippen LogP contribution in [0.25, 0.3) is 0 Å². The first kappa shape index (κ1) is 14.4. The standard InChI is InChI=1S/C13H14N2O4S/c1-9(16)8-20-13-15-14-12(19-13)7-18-11-5-3-10(17-2)4-6-11/h3-6H,7-8H2,1-2H3. The molecule has 0 fully saturated rings. The molecule has 1 aromatic carbocycles. The summed E-state index contributed by atoms with van der Waals surface area (Å²) in [5.41, 5.74) is 0. The molecular weight excluding hydrogens is 280 g/mol. The van der Waals surface area contributed by atoms with Gasteiger partial charge < -0.3 is 13.9 Å². The maximum atomic E-state index is 10.8. The van der Waals surface area contributed by atoms with Gasteiger partial charge in [0, 0.05) is 0 Å². The fourth-order valence-electron chi connectivity index (χ4n) is 1.34. The topological polar surface area (TPSA) is 74.5 Å². The molecule has 0 bridgehead atoms. The summed E-state index contributed by atoms with van der Waals surface area (Å²) in [5, 5.41) is 8.04. The summed E-state index contributed by atoms with van der Waals surface area (Å²) in [6.07, 6.45) is 0. The number of ketones is 1. The lowest BCUT2D eigenvalue weighted by Crippen LogP contribution is -1.95. The third-order valence-electron chi connectivity index (χ3n) is 2.27. The molecule has 0 aliphatic heterocycles. The minimum absolute atomic E-state index is 0.0595. The van der Waals surface area contributed by atoms with Crippen molar-refractivity contribution in [2.24, 2.45) is 0 Å². The fraction of sp³-hybridized carbons (Fsp3) is 0.308. The smallest absolute Gasteiger partial charge is 0.277 e. The van der Waals surface area contributed by atoms with E-state index < -0.39 is 0 Å². The van der Waals surface area contributed by atoms with Crippen molar-refractivity contribution in [2.45, 2.75) is 18.8 Å². The van der Waals surface area contributed by atoms with Gasteiger partial charge in [0.05, 0.1) is 12.9 Å². The Hall–Kier alpha value is -2.02. The molecule has 0 N–H and O–H groups in total. The summed E-state index contributed by atoms with van der Waals surface area (Å²) in [6.45, 7) is 1.69. The second kappa shape index (κ2) is 6.95. The number of thioether (sulfide) groups is 1. The van der Waals surface area contributed by atoms with Gasteiger partial charge in [-0.25, -0.2) is 0 Å². The van der Waals surface area contributed by atoms with E-state index in [1.807, 2.05) is 0 Å². The van der Waals surface area contributed by atoms with Gasteiger partial charge in [-0.15, -0.1) is 10.2 Å². The molecule has 0 spiro atoms. The lowest BCUT2D eigenvalue weighted by atomic mass is 10.3. The van der Waals surface area contributed by atoms with Crippen LogP contribution < -0.4 is 9.47 Å². The lowest BCUT2D eigenvalue weighted by molar-refractivity contribution is -0.114. The first-order valence-electron chi connectivity index (χ1n) is 5.89. The van der Waals surface area contributed by atoms with E-state index in [0.717, 1.165) is 5.75 Å². The van der Waals surface area contributed by atoms with Crippen molar-refractivity contribution in [3.63, 3.8) is 0 Å². The van der Waals surface area contributed by atoms with E-state index in [9.17, 15) is 4.79 Å². The SMILES string of the molecule is COc1ccc(OCc2nnc(SCC(C)=O)o2)cc1. The molecule has 1 aromatic heterocycles. The summed E-state index contributed by atoms with van der Waals surface area (Å²) in [6, 6.07) is 7.19. The number of nitrogens with zero attached hydrogens (tertiary/aromatic N) is 2. The van der Waals surface area contributed by atoms with Gasteiger partial charge in [-0.2, -0.15) is 0 Å². The van der Waals surface area contributed by atoms with Crippen LogP contribution in [0.2, 0.25) is 0 Å². The molecule has 0 aliphatic rings. The summed E-state index contributed by atoms with van der Waals surface area (Å²) in [7, 11) is 1.61. The number of rotatable bonds is 7. The maximum absolute atomic E-state index is 10.8. The van der Waals surface area contributed by atoms with E-state index >= 15 is 0 Å². The van der Waals surface area contributed by atoms with Crippen molar-refractivity contribution in [1.82, 2.24) is 10.2 Å². The van der Waals surface area contributed by atoms with Crippen LogP contribution in [0.3, 0.4) is 0 Å². The summed E-state index contributed by atoms with van der Waals surface area (Å²) in [4.78, 5) is 10.8. The second-order valence-electron chi connectivity index (χ2n) is 3.92. The molecular formula is C13H14N2O4S. The number of ether oxygens (including phenoxy) is 2. The number of hydrogen-bond donors (Lipinski definition) is 0. The third-order valence-corrected chi connectivity index (χ3v) is 3.23. The Balaban J connectivity index is 1.85. The van der Waals surface area contributed by atoms with E-state index in [2.05, 4.69) is 10.2 Å². The highest BCUT2D eigenvalue weighted by Crippen LogP contribution is 2.19. The number of aromatic nitrogens is 2. The van der Waals surface area contributed by atoms with Gasteiger partial charge in [0.2, 0.25) is 0 Å². The first-order chi connectivity index (χ1) is 9.67. The number of hydrogen-bond acceptors (Lipinski definition) is 7. The van der Waals surface area contributed by atoms with Crippen molar-refractivity contribution in [2.75, 3.05) is 12.9 Å². The number of benzene rings is 1. The summed E-state index contributed by atoms with van der Waals surface area (Å²) in [5.74, 6) is 2.19. The Kier molecular flexibility index (Phi) is 5.00. The van der Waals surface area contributed by atoms with Gasteiger partial charge in [0.1, 0.15) is 17.3 Å². The van der Waals surface area contributed by atoms with E-state index in [4.69, 9.17) is 13.9 Å². The Bertz CT molecular complexity index is 568. The van der Waals surface area contributed by atoms with Gasteiger partial charge in [-0.3, -0.25) is 4.79 Å². The molecule has 2 aromatic rings. The Morgan fingerprint density at radius 3 is 2.60 bits per heavy atom. The van der Waals surface area contributed by atoms with E-state index in [0.29, 0.717) is 22.6 Å². The predicted molar refractivity (Wildman–Crippen MR) is 73.0 cm³/mol. The van der Waals surface area contributed by atoms with Crippen LogP contribution in [0.4, 0.5) is 0 Å². The van der Waals surface area contributed by atoms with Crippen molar-refractivity contribution in [1.29, 1.82) is 0 Å². The number of carbonyl (C=O) groups excluding carboxylic acids is 1. The molecule has 1 heterocycles. The van der Waals surface area contributed by atoms with Crippen molar-refractivity contribution in [3.8, 4) is 11.5 Å². The average molecular weight is 294 g/mol. The number of Topliss-reactive ketones (excluding diaryl/α,β-unsaturated/α-hetero) is 1. The Morgan fingerprint density at radius 2 is 1.95 bits per heavy atom. The number of methoxy groups -OCH3 is 1. The second-order valence-corrected chi connectivity index (χ2v) is 4.84. The van der Waals surface area contributed by atoms with Crippen LogP contribution in [-0.2, 0) is 11.4 Å². The highest BCUT2D eigenvalue weighted by molar-refractivity contribution is 7.99. The van der Waals surface area contributed by atoms with Gasteiger partial charge in [0.25, 0.3) is 11.1 Å². The highest BCUT2D eigenvalue weighted by atomic mass is 32.2. The van der Waals surface area contributed by atoms with Crippen LogP contribution in [-0.4, -0.2) is 28.8 Å². The van der Waals surface area contributed by atoms with Gasteiger partial charge in [-0.05, 0) is 31.2 Å². The van der Waals surface area contributed by atoms with Crippen molar-refractivity contribution < 1.29 is 18.7 Å². The zero-order valence-corrected chi connectivity index (χ0v) is 12.0. The first-order valence-corrected chi connectivity index (χ1v) is 6.87.